The smallest absolute Gasteiger partial charge is 0.327 e. The number of urea groups is 1. The van der Waals surface area contributed by atoms with Gasteiger partial charge in [0.1, 0.15) is 11.3 Å². The summed E-state index contributed by atoms with van der Waals surface area (Å²) >= 11 is 0. The number of carbonyl (C=O) groups is 2. The van der Waals surface area contributed by atoms with E-state index in [0.29, 0.717) is 39.0 Å². The van der Waals surface area contributed by atoms with Crippen LogP contribution >= 0.6 is 0 Å². The Morgan fingerprint density at radius 2 is 1.82 bits per heavy atom. The number of pyridine rings is 1. The summed E-state index contributed by atoms with van der Waals surface area (Å²) in [5.41, 5.74) is 1.44. The molecule has 8 heteroatoms. The van der Waals surface area contributed by atoms with Crippen molar-refractivity contribution in [3.05, 3.63) is 59.9 Å². The highest BCUT2D eigenvalue weighted by atomic mass is 16.5. The molecule has 1 N–H and O–H groups in total. The number of hydrogen-bond donors (Lipinski definition) is 1. The number of benzene rings is 1. The zero-order valence-electron chi connectivity index (χ0n) is 19.2. The van der Waals surface area contributed by atoms with Crippen LogP contribution in [0.5, 0.6) is 5.75 Å². The van der Waals surface area contributed by atoms with Crippen molar-refractivity contribution in [3.63, 3.8) is 0 Å². The number of phenols is 1. The first kappa shape index (κ1) is 23.2. The van der Waals surface area contributed by atoms with Gasteiger partial charge in [-0.05, 0) is 55.0 Å². The van der Waals surface area contributed by atoms with Crippen molar-refractivity contribution >= 4 is 11.9 Å². The molecule has 8 nitrogen and oxygen atoms in total. The van der Waals surface area contributed by atoms with Gasteiger partial charge in [-0.2, -0.15) is 0 Å². The number of piperidine rings is 1. The van der Waals surface area contributed by atoms with E-state index in [9.17, 15) is 14.7 Å². The minimum atomic E-state index is -0.782. The number of aromatic hydroxyl groups is 1. The molecule has 4 rings (SSSR count). The SMILES string of the molecule is COCCN1C(=O)N(CCCc2cccnc2)C(=O)C12CCN(Cc1ccc(O)cc1)CC2. The molecule has 2 fully saturated rings. The van der Waals surface area contributed by atoms with Crippen LogP contribution in [0.15, 0.2) is 48.8 Å². The topological polar surface area (TPSA) is 86.2 Å². The third kappa shape index (κ3) is 5.02. The highest BCUT2D eigenvalue weighted by Crippen LogP contribution is 2.37. The Labute approximate surface area is 194 Å². The second-order valence-electron chi connectivity index (χ2n) is 8.82. The van der Waals surface area contributed by atoms with Crippen molar-refractivity contribution in [2.24, 2.45) is 0 Å². The number of phenolic OH excluding ortho intramolecular Hbond substituents is 1. The Balaban J connectivity index is 1.41. The van der Waals surface area contributed by atoms with E-state index in [0.717, 1.165) is 37.2 Å². The standard InChI is InChI=1S/C25H32N4O4/c1-33-17-16-29-24(32)28(13-3-5-20-4-2-12-26-18-20)23(31)25(29)10-14-27(15-11-25)19-21-6-8-22(30)9-7-21/h2,4,6-9,12,18,30H,3,5,10-11,13-17,19H2,1H3. The van der Waals surface area contributed by atoms with Crippen LogP contribution in [0.4, 0.5) is 4.79 Å². The van der Waals surface area contributed by atoms with Gasteiger partial charge < -0.3 is 14.7 Å². The lowest BCUT2D eigenvalue weighted by Gasteiger charge is -2.42. The van der Waals surface area contributed by atoms with Crippen molar-refractivity contribution in [1.29, 1.82) is 0 Å². The molecule has 0 radical (unpaired) electrons. The first-order valence-electron chi connectivity index (χ1n) is 11.6. The largest absolute Gasteiger partial charge is 0.508 e. The predicted octanol–water partition coefficient (Wildman–Crippen LogP) is 2.67. The minimum absolute atomic E-state index is 0.0703. The molecule has 2 aliphatic rings. The molecule has 2 saturated heterocycles. The van der Waals surface area contributed by atoms with Gasteiger partial charge in [0.25, 0.3) is 5.91 Å². The van der Waals surface area contributed by atoms with Crippen molar-refractivity contribution in [2.45, 2.75) is 37.8 Å². The van der Waals surface area contributed by atoms with E-state index < -0.39 is 5.54 Å². The van der Waals surface area contributed by atoms with Crippen molar-refractivity contribution in [2.75, 3.05) is 39.9 Å². The summed E-state index contributed by atoms with van der Waals surface area (Å²) in [5.74, 6) is 0.183. The zero-order valence-corrected chi connectivity index (χ0v) is 19.2. The summed E-state index contributed by atoms with van der Waals surface area (Å²) in [7, 11) is 1.61. The van der Waals surface area contributed by atoms with Crippen molar-refractivity contribution in [3.8, 4) is 5.75 Å². The molecular weight excluding hydrogens is 420 g/mol. The molecule has 1 spiro atoms. The van der Waals surface area contributed by atoms with Crippen LogP contribution in [0.25, 0.3) is 0 Å². The number of carbonyl (C=O) groups excluding carboxylic acids is 2. The second-order valence-corrected chi connectivity index (χ2v) is 8.82. The van der Waals surface area contributed by atoms with Gasteiger partial charge in [-0.15, -0.1) is 0 Å². The Morgan fingerprint density at radius 3 is 2.48 bits per heavy atom. The molecule has 2 aliphatic heterocycles. The van der Waals surface area contributed by atoms with E-state index in [4.69, 9.17) is 4.74 Å². The molecule has 2 aromatic rings. The minimum Gasteiger partial charge on any atom is -0.508 e. The fourth-order valence-corrected chi connectivity index (χ4v) is 4.88. The number of aromatic nitrogens is 1. The lowest BCUT2D eigenvalue weighted by molar-refractivity contribution is -0.136. The number of aryl methyl sites for hydroxylation is 1. The molecule has 176 valence electrons. The molecule has 3 heterocycles. The van der Waals surface area contributed by atoms with E-state index in [1.54, 1.807) is 30.3 Å². The molecular formula is C25H32N4O4. The van der Waals surface area contributed by atoms with Crippen LogP contribution in [0.3, 0.4) is 0 Å². The molecule has 1 aromatic carbocycles. The van der Waals surface area contributed by atoms with Crippen LogP contribution < -0.4 is 0 Å². The van der Waals surface area contributed by atoms with E-state index in [1.807, 2.05) is 30.5 Å². The summed E-state index contributed by atoms with van der Waals surface area (Å²) in [4.78, 5) is 36.5. The summed E-state index contributed by atoms with van der Waals surface area (Å²) < 4.78 is 5.24. The molecule has 0 bridgehead atoms. The summed E-state index contributed by atoms with van der Waals surface area (Å²) in [5, 5.41) is 9.50. The van der Waals surface area contributed by atoms with Gasteiger partial charge >= 0.3 is 6.03 Å². The molecule has 1 aromatic heterocycles. The highest BCUT2D eigenvalue weighted by molar-refractivity contribution is 6.07. The number of rotatable bonds is 9. The summed E-state index contributed by atoms with van der Waals surface area (Å²) in [6.45, 7) is 3.44. The number of likely N-dealkylation sites (tertiary alicyclic amines) is 1. The first-order chi connectivity index (χ1) is 16.0. The van der Waals surface area contributed by atoms with E-state index >= 15 is 0 Å². The molecule has 0 unspecified atom stereocenters. The van der Waals surface area contributed by atoms with Gasteiger partial charge in [0.05, 0.1) is 6.61 Å². The zero-order chi connectivity index (χ0) is 23.3. The van der Waals surface area contributed by atoms with Crippen LogP contribution in [0, 0.1) is 0 Å². The van der Waals surface area contributed by atoms with Crippen LogP contribution in [-0.4, -0.2) is 82.2 Å². The quantitative estimate of drug-likeness (QED) is 0.589. The third-order valence-electron chi connectivity index (χ3n) is 6.74. The lowest BCUT2D eigenvalue weighted by atomic mass is 9.85. The fourth-order valence-electron chi connectivity index (χ4n) is 4.88. The number of ether oxygens (including phenoxy) is 1. The molecule has 0 saturated carbocycles. The maximum Gasteiger partial charge on any atom is 0.327 e. The van der Waals surface area contributed by atoms with Gasteiger partial charge in [0.15, 0.2) is 0 Å². The first-order valence-corrected chi connectivity index (χ1v) is 11.6. The summed E-state index contributed by atoms with van der Waals surface area (Å²) in [6, 6.07) is 10.9. The highest BCUT2D eigenvalue weighted by Gasteiger charge is 2.57. The summed E-state index contributed by atoms with van der Waals surface area (Å²) in [6.07, 6.45) is 6.27. The fraction of sp³-hybridized carbons (Fsp3) is 0.480. The van der Waals surface area contributed by atoms with Gasteiger partial charge in [0.2, 0.25) is 0 Å². The molecule has 0 atom stereocenters. The molecule has 0 aliphatic carbocycles. The lowest BCUT2D eigenvalue weighted by Crippen LogP contribution is -2.57. The number of amides is 3. The normalized spacial score (nSPS) is 18.5. The van der Waals surface area contributed by atoms with Gasteiger partial charge in [0, 0.05) is 52.2 Å². The number of methoxy groups -OCH3 is 1. The van der Waals surface area contributed by atoms with Gasteiger partial charge in [-0.1, -0.05) is 18.2 Å². The maximum atomic E-state index is 13.6. The van der Waals surface area contributed by atoms with Crippen molar-refractivity contribution < 1.29 is 19.4 Å². The third-order valence-corrected chi connectivity index (χ3v) is 6.74. The maximum absolute atomic E-state index is 13.6. The van der Waals surface area contributed by atoms with Crippen molar-refractivity contribution in [1.82, 2.24) is 19.7 Å². The van der Waals surface area contributed by atoms with Crippen LogP contribution in [-0.2, 0) is 22.5 Å². The Bertz CT molecular complexity index is 943. The van der Waals surface area contributed by atoms with E-state index in [2.05, 4.69) is 9.88 Å². The number of imide groups is 1. The van der Waals surface area contributed by atoms with Crippen LogP contribution in [0.1, 0.15) is 30.4 Å². The van der Waals surface area contributed by atoms with Crippen LogP contribution in [0.2, 0.25) is 0 Å². The average Bonchev–Trinajstić information content (AvgIpc) is 3.02. The molecule has 33 heavy (non-hydrogen) atoms. The monoisotopic (exact) mass is 452 g/mol. The average molecular weight is 453 g/mol. The van der Waals surface area contributed by atoms with Gasteiger partial charge in [-0.25, -0.2) is 4.79 Å². The Kier molecular flexibility index (Phi) is 7.25. The predicted molar refractivity (Wildman–Crippen MR) is 124 cm³/mol. The molecule has 3 amide bonds. The van der Waals surface area contributed by atoms with E-state index in [1.165, 1.54) is 4.90 Å². The van der Waals surface area contributed by atoms with E-state index in [-0.39, 0.29) is 17.7 Å². The Morgan fingerprint density at radius 1 is 1.06 bits per heavy atom. The number of nitrogens with zero attached hydrogens (tertiary/aromatic N) is 4. The Hall–Kier alpha value is -2.97. The van der Waals surface area contributed by atoms with Gasteiger partial charge in [-0.3, -0.25) is 19.6 Å². The number of hydrogen-bond acceptors (Lipinski definition) is 6. The second kappa shape index (κ2) is 10.3.